The van der Waals surface area contributed by atoms with Gasteiger partial charge < -0.3 is 20.9 Å². The van der Waals surface area contributed by atoms with Gasteiger partial charge in [0.15, 0.2) is 0 Å². The molecule has 7 nitrogen and oxygen atoms in total. The molecule has 0 aromatic heterocycles. The number of nitrogens with zero attached hydrogens (tertiary/aromatic N) is 1. The largest absolute Gasteiger partial charge is 0.416 e. The number of carbonyl (C=O) groups is 3. The number of fused-ring (bicyclic) bond motifs is 1. The van der Waals surface area contributed by atoms with Crippen molar-refractivity contribution >= 4 is 29.1 Å². The molecule has 1 aliphatic carbocycles. The standard InChI is InChI=1S/C29H24F6N4O3/c30-28(31,32)19-12-17(13-20(14-19)29(33,34)35)15-39-16-22(25(41)36-21-8-4-5-9-23(21)39)37-26(42)27(10-11-27)38-24(40)18-6-2-1-3-7-18/h1-9,12-14,22H,10-11,15-16H2,(H,36,41)(H,37,42)(H,38,40)/t22-/m1/s1. The van der Waals surface area contributed by atoms with Crippen molar-refractivity contribution in [2.75, 3.05) is 16.8 Å². The number of hydrogen-bond acceptors (Lipinski definition) is 4. The third-order valence-corrected chi connectivity index (χ3v) is 7.12. The van der Waals surface area contributed by atoms with E-state index in [-0.39, 0.29) is 23.9 Å². The second-order valence-corrected chi connectivity index (χ2v) is 10.2. The van der Waals surface area contributed by atoms with Crippen LogP contribution >= 0.6 is 0 Å². The highest BCUT2D eigenvalue weighted by molar-refractivity contribution is 6.04. The zero-order valence-electron chi connectivity index (χ0n) is 21.8. The third-order valence-electron chi connectivity index (χ3n) is 7.12. The summed E-state index contributed by atoms with van der Waals surface area (Å²) in [5.41, 5.74) is -3.52. The molecule has 1 heterocycles. The topological polar surface area (TPSA) is 90.5 Å². The minimum Gasteiger partial charge on any atom is -0.363 e. The molecule has 0 spiro atoms. The van der Waals surface area contributed by atoms with E-state index in [1.165, 1.54) is 11.0 Å². The molecule has 1 fully saturated rings. The van der Waals surface area contributed by atoms with Gasteiger partial charge in [-0.05, 0) is 60.9 Å². The van der Waals surface area contributed by atoms with Crippen molar-refractivity contribution in [2.45, 2.75) is 43.3 Å². The highest BCUT2D eigenvalue weighted by atomic mass is 19.4. The van der Waals surface area contributed by atoms with Gasteiger partial charge in [0, 0.05) is 18.7 Å². The van der Waals surface area contributed by atoms with Gasteiger partial charge in [0.05, 0.1) is 22.5 Å². The van der Waals surface area contributed by atoms with Crippen LogP contribution in [0, 0.1) is 0 Å². The predicted octanol–water partition coefficient (Wildman–Crippen LogP) is 5.13. The molecular formula is C29H24F6N4O3. The molecule has 2 aliphatic rings. The van der Waals surface area contributed by atoms with Crippen molar-refractivity contribution in [3.05, 3.63) is 95.1 Å². The Bertz CT molecular complexity index is 1490. The van der Waals surface area contributed by atoms with Crippen LogP contribution in [0.15, 0.2) is 72.8 Å². The molecule has 1 atom stereocenters. The van der Waals surface area contributed by atoms with Crippen molar-refractivity contribution in [3.8, 4) is 0 Å². The fourth-order valence-electron chi connectivity index (χ4n) is 4.78. The minimum absolute atomic E-state index is 0.0484. The summed E-state index contributed by atoms with van der Waals surface area (Å²) in [6, 6.07) is 14.6. The Morgan fingerprint density at radius 3 is 2.07 bits per heavy atom. The lowest BCUT2D eigenvalue weighted by molar-refractivity contribution is -0.143. The van der Waals surface area contributed by atoms with Crippen molar-refractivity contribution in [2.24, 2.45) is 0 Å². The maximum Gasteiger partial charge on any atom is 0.416 e. The summed E-state index contributed by atoms with van der Waals surface area (Å²) >= 11 is 0. The monoisotopic (exact) mass is 590 g/mol. The Kier molecular flexibility index (Phi) is 7.37. The van der Waals surface area contributed by atoms with Gasteiger partial charge in [-0.2, -0.15) is 26.3 Å². The number of hydrogen-bond donors (Lipinski definition) is 3. The van der Waals surface area contributed by atoms with Gasteiger partial charge in [-0.15, -0.1) is 0 Å². The average Bonchev–Trinajstić information content (AvgIpc) is 3.73. The number of amides is 3. The van der Waals surface area contributed by atoms with Gasteiger partial charge in [0.25, 0.3) is 5.91 Å². The molecule has 5 rings (SSSR count). The number of anilines is 2. The van der Waals surface area contributed by atoms with E-state index >= 15 is 0 Å². The fraction of sp³-hybridized carbons (Fsp3) is 0.276. The van der Waals surface area contributed by atoms with Crippen LogP contribution in [-0.2, 0) is 28.5 Å². The lowest BCUT2D eigenvalue weighted by atomic mass is 10.0. The van der Waals surface area contributed by atoms with Crippen LogP contribution in [0.5, 0.6) is 0 Å². The van der Waals surface area contributed by atoms with Crippen LogP contribution in [0.25, 0.3) is 0 Å². The first kappa shape index (κ1) is 29.0. The first-order valence-electron chi connectivity index (χ1n) is 12.9. The quantitative estimate of drug-likeness (QED) is 0.348. The lowest BCUT2D eigenvalue weighted by Gasteiger charge is -2.28. The Hall–Kier alpha value is -4.55. The van der Waals surface area contributed by atoms with Gasteiger partial charge in [-0.3, -0.25) is 14.4 Å². The van der Waals surface area contributed by atoms with Crippen molar-refractivity contribution in [1.82, 2.24) is 10.6 Å². The maximum absolute atomic E-state index is 13.5. The summed E-state index contributed by atoms with van der Waals surface area (Å²) in [4.78, 5) is 40.5. The highest BCUT2D eigenvalue weighted by Gasteiger charge is 2.52. The SMILES string of the molecule is O=C(NC1(C(=O)N[C@@H]2CN(Cc3cc(C(F)(F)F)cc(C(F)(F)F)c3)c3ccccc3NC2=O)CC1)c1ccccc1. The van der Waals surface area contributed by atoms with E-state index in [2.05, 4.69) is 16.0 Å². The predicted molar refractivity (Wildman–Crippen MR) is 140 cm³/mol. The fourth-order valence-corrected chi connectivity index (χ4v) is 4.78. The molecule has 3 amide bonds. The molecule has 13 heteroatoms. The van der Waals surface area contributed by atoms with E-state index in [0.29, 0.717) is 36.2 Å². The van der Waals surface area contributed by atoms with Crippen LogP contribution in [-0.4, -0.2) is 35.8 Å². The Labute approximate surface area is 235 Å². The molecule has 42 heavy (non-hydrogen) atoms. The van der Waals surface area contributed by atoms with E-state index in [1.807, 2.05) is 0 Å². The van der Waals surface area contributed by atoms with Gasteiger partial charge in [0.1, 0.15) is 11.6 Å². The van der Waals surface area contributed by atoms with Gasteiger partial charge in [0.2, 0.25) is 11.8 Å². The zero-order chi connectivity index (χ0) is 30.3. The first-order valence-corrected chi connectivity index (χ1v) is 12.9. The van der Waals surface area contributed by atoms with Crippen LogP contribution in [0.3, 0.4) is 0 Å². The summed E-state index contributed by atoms with van der Waals surface area (Å²) in [5, 5.41) is 7.99. The smallest absolute Gasteiger partial charge is 0.363 e. The number of para-hydroxylation sites is 2. The van der Waals surface area contributed by atoms with Crippen LogP contribution in [0.4, 0.5) is 37.7 Å². The Morgan fingerprint density at radius 2 is 1.48 bits per heavy atom. The number of benzene rings is 3. The first-order chi connectivity index (χ1) is 19.7. The molecule has 0 radical (unpaired) electrons. The second-order valence-electron chi connectivity index (χ2n) is 10.2. The van der Waals surface area contributed by atoms with Crippen LogP contribution < -0.4 is 20.9 Å². The van der Waals surface area contributed by atoms with E-state index in [4.69, 9.17) is 0 Å². The summed E-state index contributed by atoms with van der Waals surface area (Å²) in [6.07, 6.45) is -9.41. The lowest BCUT2D eigenvalue weighted by Crippen LogP contribution is -2.56. The minimum atomic E-state index is -5.02. The highest BCUT2D eigenvalue weighted by Crippen LogP contribution is 2.39. The molecule has 1 saturated carbocycles. The molecule has 3 aromatic rings. The number of carbonyl (C=O) groups excluding carboxylic acids is 3. The molecule has 0 bridgehead atoms. The summed E-state index contributed by atoms with van der Waals surface area (Å²) in [7, 11) is 0. The Morgan fingerprint density at radius 1 is 0.881 bits per heavy atom. The Balaban J connectivity index is 1.41. The molecule has 1 aliphatic heterocycles. The number of alkyl halides is 6. The molecular weight excluding hydrogens is 566 g/mol. The summed E-state index contributed by atoms with van der Waals surface area (Å²) < 4.78 is 80.9. The molecule has 3 N–H and O–H groups in total. The van der Waals surface area contributed by atoms with Gasteiger partial charge >= 0.3 is 12.4 Å². The van der Waals surface area contributed by atoms with Crippen molar-refractivity contribution in [1.29, 1.82) is 0 Å². The maximum atomic E-state index is 13.5. The van der Waals surface area contributed by atoms with Crippen LogP contribution in [0.2, 0.25) is 0 Å². The summed E-state index contributed by atoms with van der Waals surface area (Å²) in [5.74, 6) is -1.74. The van der Waals surface area contributed by atoms with E-state index in [0.717, 1.165) is 0 Å². The van der Waals surface area contributed by atoms with E-state index in [9.17, 15) is 40.7 Å². The second kappa shape index (κ2) is 10.7. The molecule has 0 saturated heterocycles. The molecule has 3 aromatic carbocycles. The van der Waals surface area contributed by atoms with Crippen LogP contribution in [0.1, 0.15) is 39.9 Å². The third kappa shape index (κ3) is 6.19. The number of halogens is 6. The zero-order valence-corrected chi connectivity index (χ0v) is 21.8. The molecule has 220 valence electrons. The average molecular weight is 591 g/mol. The van der Waals surface area contributed by atoms with Crippen molar-refractivity contribution < 1.29 is 40.7 Å². The molecule has 0 unspecified atom stereocenters. The van der Waals surface area contributed by atoms with Gasteiger partial charge in [-0.1, -0.05) is 30.3 Å². The normalized spacial score (nSPS) is 17.9. The van der Waals surface area contributed by atoms with E-state index in [1.54, 1.807) is 48.5 Å². The number of rotatable bonds is 6. The number of nitrogens with one attached hydrogen (secondary N) is 3. The summed E-state index contributed by atoms with van der Waals surface area (Å²) in [6.45, 7) is -0.698. The van der Waals surface area contributed by atoms with Gasteiger partial charge in [-0.25, -0.2) is 0 Å². The van der Waals surface area contributed by atoms with Crippen molar-refractivity contribution in [3.63, 3.8) is 0 Å². The van der Waals surface area contributed by atoms with E-state index < -0.39 is 59.3 Å².